The zero-order chi connectivity index (χ0) is 51.2. The zero-order valence-corrected chi connectivity index (χ0v) is 44.3. The van der Waals surface area contributed by atoms with Gasteiger partial charge in [-0.05, 0) is 120 Å². The van der Waals surface area contributed by atoms with E-state index in [4.69, 9.17) is 9.97 Å². The number of para-hydroxylation sites is 1. The third-order valence-corrected chi connectivity index (χ3v) is 13.7. The maximum absolute atomic E-state index is 12.7. The van der Waals surface area contributed by atoms with E-state index in [9.17, 15) is 5.11 Å². The van der Waals surface area contributed by atoms with Crippen molar-refractivity contribution in [3.8, 4) is 72.8 Å². The molecule has 0 spiro atoms. The summed E-state index contributed by atoms with van der Waals surface area (Å²) in [5.41, 5.74) is 16.4. The number of hydrogen-bond acceptors (Lipinski definition) is 4. The first-order valence-electron chi connectivity index (χ1n) is 25.4. The van der Waals surface area contributed by atoms with Gasteiger partial charge in [-0.2, -0.15) is 0 Å². The molecule has 2 aromatic heterocycles. The molecule has 0 aliphatic heterocycles. The second kappa shape index (κ2) is 19.2. The SMILES string of the molecule is CC(C)(C)c1cc(-c2cc(-c3cc(C(C)(C)C)cc(C(C)(C)C)c3O)nc(N(c3cc(-c4ccccc4)cc(-c4cccc(-c5ccccc5)c4)n3)c3ccccc3-c3ccccc3)c2)cc(C(C)(C)C)c1. The van der Waals surface area contributed by atoms with Crippen molar-refractivity contribution in [1.29, 1.82) is 0 Å². The highest BCUT2D eigenvalue weighted by atomic mass is 16.3. The van der Waals surface area contributed by atoms with E-state index in [0.29, 0.717) is 22.9 Å². The van der Waals surface area contributed by atoms with Gasteiger partial charge in [0, 0.05) is 22.3 Å². The summed E-state index contributed by atoms with van der Waals surface area (Å²) in [5, 5.41) is 12.7. The molecule has 0 aliphatic carbocycles. The maximum Gasteiger partial charge on any atom is 0.140 e. The van der Waals surface area contributed by atoms with Crippen molar-refractivity contribution < 1.29 is 5.11 Å². The van der Waals surface area contributed by atoms with Crippen molar-refractivity contribution in [3.05, 3.63) is 216 Å². The lowest BCUT2D eigenvalue weighted by atomic mass is 9.78. The Morgan fingerprint density at radius 2 is 0.750 bits per heavy atom. The molecule has 362 valence electrons. The molecule has 2 heterocycles. The predicted octanol–water partition coefficient (Wildman–Crippen LogP) is 18.8. The molecular formula is C68H69N3O. The molecule has 9 aromatic rings. The summed E-state index contributed by atoms with van der Waals surface area (Å²) in [7, 11) is 0. The van der Waals surface area contributed by atoms with Crippen LogP contribution in [0.1, 0.15) is 105 Å². The molecule has 0 fully saturated rings. The first-order chi connectivity index (χ1) is 34.1. The first-order valence-corrected chi connectivity index (χ1v) is 25.4. The lowest BCUT2D eigenvalue weighted by molar-refractivity contribution is 0.446. The van der Waals surface area contributed by atoms with E-state index in [1.54, 1.807) is 0 Å². The van der Waals surface area contributed by atoms with Crippen LogP contribution in [0.4, 0.5) is 17.3 Å². The second-order valence-corrected chi connectivity index (χ2v) is 23.4. The molecule has 0 radical (unpaired) electrons. The van der Waals surface area contributed by atoms with E-state index in [1.807, 2.05) is 0 Å². The summed E-state index contributed by atoms with van der Waals surface area (Å²) in [6.45, 7) is 26.9. The van der Waals surface area contributed by atoms with Crippen LogP contribution in [0.15, 0.2) is 194 Å². The molecule has 0 atom stereocenters. The highest BCUT2D eigenvalue weighted by molar-refractivity contribution is 5.90. The Morgan fingerprint density at radius 1 is 0.319 bits per heavy atom. The van der Waals surface area contributed by atoms with Crippen molar-refractivity contribution in [1.82, 2.24) is 9.97 Å². The molecule has 0 amide bonds. The molecule has 9 rings (SSSR count). The average molecular weight is 944 g/mol. The minimum absolute atomic E-state index is 0.119. The van der Waals surface area contributed by atoms with Gasteiger partial charge in [0.1, 0.15) is 17.4 Å². The van der Waals surface area contributed by atoms with Crippen LogP contribution in [0.2, 0.25) is 0 Å². The van der Waals surface area contributed by atoms with Crippen LogP contribution in [0.25, 0.3) is 67.0 Å². The Hall–Kier alpha value is -7.56. The summed E-state index contributed by atoms with van der Waals surface area (Å²) in [6.07, 6.45) is 0. The maximum atomic E-state index is 12.7. The number of phenolic OH excluding ortho intramolecular Hbond substituents is 1. The van der Waals surface area contributed by atoms with Crippen LogP contribution in [-0.4, -0.2) is 15.1 Å². The summed E-state index contributed by atoms with van der Waals surface area (Å²) < 4.78 is 0. The lowest BCUT2D eigenvalue weighted by Crippen LogP contribution is -2.18. The zero-order valence-electron chi connectivity index (χ0n) is 44.3. The fourth-order valence-corrected chi connectivity index (χ4v) is 9.39. The summed E-state index contributed by atoms with van der Waals surface area (Å²) in [6, 6.07) is 69.1. The number of nitrogens with zero attached hydrogens (tertiary/aromatic N) is 3. The summed E-state index contributed by atoms with van der Waals surface area (Å²) >= 11 is 0. The lowest BCUT2D eigenvalue weighted by Gasteiger charge is -2.30. The Balaban J connectivity index is 1.42. The minimum Gasteiger partial charge on any atom is -0.507 e. The van der Waals surface area contributed by atoms with Crippen LogP contribution in [-0.2, 0) is 21.7 Å². The summed E-state index contributed by atoms with van der Waals surface area (Å²) in [5.74, 6) is 1.62. The smallest absolute Gasteiger partial charge is 0.140 e. The van der Waals surface area contributed by atoms with Crippen LogP contribution in [0.5, 0.6) is 5.75 Å². The van der Waals surface area contributed by atoms with Gasteiger partial charge in [0.25, 0.3) is 0 Å². The Bertz CT molecular complexity index is 3350. The number of aromatic hydroxyl groups is 1. The molecule has 0 saturated carbocycles. The van der Waals surface area contributed by atoms with E-state index >= 15 is 0 Å². The Morgan fingerprint density at radius 3 is 1.31 bits per heavy atom. The number of benzene rings is 7. The van der Waals surface area contributed by atoms with Gasteiger partial charge in [-0.1, -0.05) is 235 Å². The van der Waals surface area contributed by atoms with Crippen LogP contribution in [0, 0.1) is 0 Å². The number of phenols is 1. The van der Waals surface area contributed by atoms with Crippen molar-refractivity contribution in [2.24, 2.45) is 0 Å². The highest BCUT2D eigenvalue weighted by Gasteiger charge is 2.29. The molecule has 0 bridgehead atoms. The van der Waals surface area contributed by atoms with Crippen molar-refractivity contribution in [2.45, 2.75) is 105 Å². The van der Waals surface area contributed by atoms with Crippen LogP contribution < -0.4 is 4.90 Å². The third-order valence-electron chi connectivity index (χ3n) is 13.7. The summed E-state index contributed by atoms with van der Waals surface area (Å²) in [4.78, 5) is 13.7. The fraction of sp³-hybridized carbons (Fsp3) is 0.235. The van der Waals surface area contributed by atoms with Crippen LogP contribution >= 0.6 is 0 Å². The van der Waals surface area contributed by atoms with Crippen molar-refractivity contribution in [2.75, 3.05) is 4.90 Å². The van der Waals surface area contributed by atoms with Gasteiger partial charge in [0.2, 0.25) is 0 Å². The number of aromatic nitrogens is 2. The van der Waals surface area contributed by atoms with E-state index in [2.05, 4.69) is 282 Å². The van der Waals surface area contributed by atoms with Gasteiger partial charge >= 0.3 is 0 Å². The van der Waals surface area contributed by atoms with Gasteiger partial charge in [-0.15, -0.1) is 0 Å². The molecule has 4 nitrogen and oxygen atoms in total. The number of hydrogen-bond donors (Lipinski definition) is 1. The molecular weight excluding hydrogens is 875 g/mol. The largest absolute Gasteiger partial charge is 0.507 e. The quantitative estimate of drug-likeness (QED) is 0.157. The first kappa shape index (κ1) is 49.4. The topological polar surface area (TPSA) is 49.3 Å². The van der Waals surface area contributed by atoms with E-state index in [0.717, 1.165) is 72.6 Å². The van der Waals surface area contributed by atoms with E-state index < -0.39 is 0 Å². The molecule has 1 N–H and O–H groups in total. The van der Waals surface area contributed by atoms with Gasteiger partial charge < -0.3 is 5.11 Å². The van der Waals surface area contributed by atoms with Gasteiger partial charge in [0.05, 0.1) is 17.1 Å². The van der Waals surface area contributed by atoms with Gasteiger partial charge in [-0.3, -0.25) is 4.90 Å². The number of rotatable bonds is 9. The normalized spacial score (nSPS) is 12.2. The molecule has 72 heavy (non-hydrogen) atoms. The molecule has 0 unspecified atom stereocenters. The monoisotopic (exact) mass is 944 g/mol. The second-order valence-electron chi connectivity index (χ2n) is 23.4. The number of pyridine rings is 2. The number of anilines is 3. The van der Waals surface area contributed by atoms with E-state index in [1.165, 1.54) is 11.1 Å². The van der Waals surface area contributed by atoms with Gasteiger partial charge in [0.15, 0.2) is 0 Å². The van der Waals surface area contributed by atoms with Crippen molar-refractivity contribution in [3.63, 3.8) is 0 Å². The predicted molar refractivity (Wildman–Crippen MR) is 306 cm³/mol. The van der Waals surface area contributed by atoms with Crippen LogP contribution in [0.3, 0.4) is 0 Å². The molecule has 0 saturated heterocycles. The van der Waals surface area contributed by atoms with Gasteiger partial charge in [-0.25, -0.2) is 9.97 Å². The molecule has 4 heteroatoms. The third kappa shape index (κ3) is 10.6. The molecule has 0 aliphatic rings. The fourth-order valence-electron chi connectivity index (χ4n) is 9.39. The Kier molecular flexibility index (Phi) is 13.2. The molecule has 7 aromatic carbocycles. The highest BCUT2D eigenvalue weighted by Crippen LogP contribution is 2.47. The minimum atomic E-state index is -0.347. The van der Waals surface area contributed by atoms with E-state index in [-0.39, 0.29) is 27.4 Å². The standard InChI is InChI=1S/C68H69N3O/c1-65(2,3)53-36-50(37-54(42-53)66(4,5)6)52-39-60(57-43-55(67(7,8)9)44-58(64(57)72)68(10,11)12)70-63(41-52)71(61-34-23-22-33-56(61)47-29-20-15-21-30-47)62-40-51(46-27-18-14-19-28-46)38-59(69-62)49-32-24-31-48(35-49)45-25-16-13-17-26-45/h13-44,72H,1-12H3. The Labute approximate surface area is 429 Å². The van der Waals surface area contributed by atoms with Crippen molar-refractivity contribution >= 4 is 17.3 Å². The average Bonchev–Trinajstić information content (AvgIpc) is 3.36.